The molecule has 0 aromatic heterocycles. The van der Waals surface area contributed by atoms with Gasteiger partial charge >= 0.3 is 0 Å². The fourth-order valence-electron chi connectivity index (χ4n) is 4.40. The molecule has 2 bridgehead atoms. The first-order valence-electron chi connectivity index (χ1n) is 5.99. The highest BCUT2D eigenvalue weighted by Gasteiger charge is 2.65. The van der Waals surface area contributed by atoms with Crippen molar-refractivity contribution in [3.63, 3.8) is 0 Å². The van der Waals surface area contributed by atoms with Crippen molar-refractivity contribution in [2.24, 2.45) is 23.0 Å². The summed E-state index contributed by atoms with van der Waals surface area (Å²) in [6.07, 6.45) is 9.86. The van der Waals surface area contributed by atoms with Crippen molar-refractivity contribution < 1.29 is 0 Å². The molecule has 74 valence electrons. The average Bonchev–Trinajstić information content (AvgIpc) is 2.89. The molecule has 4 saturated carbocycles. The van der Waals surface area contributed by atoms with E-state index in [1.54, 1.807) is 0 Å². The van der Waals surface area contributed by atoms with Crippen LogP contribution < -0.4 is 5.73 Å². The third kappa shape index (κ3) is 0.918. The van der Waals surface area contributed by atoms with E-state index >= 15 is 0 Å². The van der Waals surface area contributed by atoms with Crippen molar-refractivity contribution in [3.05, 3.63) is 0 Å². The van der Waals surface area contributed by atoms with Gasteiger partial charge in [0.15, 0.2) is 0 Å². The van der Waals surface area contributed by atoms with Gasteiger partial charge in [-0.05, 0) is 55.8 Å². The lowest BCUT2D eigenvalue weighted by Gasteiger charge is -2.51. The van der Waals surface area contributed by atoms with Gasteiger partial charge in [-0.15, -0.1) is 0 Å². The van der Waals surface area contributed by atoms with Crippen LogP contribution in [0.3, 0.4) is 0 Å². The number of fused-ring (bicyclic) bond motifs is 2. The lowest BCUT2D eigenvalue weighted by Crippen LogP contribution is -2.54. The molecule has 4 aliphatic rings. The average molecular weight is 179 g/mol. The van der Waals surface area contributed by atoms with Crippen LogP contribution in [0.5, 0.6) is 0 Å². The fourth-order valence-corrected chi connectivity index (χ4v) is 4.40. The summed E-state index contributed by atoms with van der Waals surface area (Å²) in [4.78, 5) is 0. The van der Waals surface area contributed by atoms with E-state index in [1.807, 2.05) is 0 Å². The molecule has 13 heavy (non-hydrogen) atoms. The van der Waals surface area contributed by atoms with Crippen LogP contribution in [0, 0.1) is 17.3 Å². The van der Waals surface area contributed by atoms with Crippen LogP contribution in [-0.4, -0.2) is 5.54 Å². The summed E-state index contributed by atoms with van der Waals surface area (Å²) in [5.41, 5.74) is 7.49. The Morgan fingerprint density at radius 1 is 1.15 bits per heavy atom. The molecule has 2 unspecified atom stereocenters. The normalized spacial score (nSPS) is 57.7. The minimum absolute atomic E-state index is 0.292. The predicted molar refractivity (Wildman–Crippen MR) is 54.3 cm³/mol. The minimum Gasteiger partial charge on any atom is -0.325 e. The van der Waals surface area contributed by atoms with Crippen molar-refractivity contribution in [1.29, 1.82) is 0 Å². The molecule has 2 atom stereocenters. The van der Waals surface area contributed by atoms with Crippen molar-refractivity contribution in [2.45, 2.75) is 57.4 Å². The first-order valence-corrected chi connectivity index (χ1v) is 5.99. The first kappa shape index (κ1) is 8.28. The van der Waals surface area contributed by atoms with E-state index in [9.17, 15) is 0 Å². The third-order valence-corrected chi connectivity index (χ3v) is 5.24. The Morgan fingerprint density at radius 2 is 1.85 bits per heavy atom. The molecule has 4 fully saturated rings. The Morgan fingerprint density at radius 3 is 2.46 bits per heavy atom. The second kappa shape index (κ2) is 2.31. The molecule has 0 saturated heterocycles. The lowest BCUT2D eigenvalue weighted by molar-refractivity contribution is 0.0235. The summed E-state index contributed by atoms with van der Waals surface area (Å²) in [6.45, 7) is 2.34. The van der Waals surface area contributed by atoms with E-state index in [0.29, 0.717) is 5.54 Å². The first-order chi connectivity index (χ1) is 6.20. The number of hydrogen-bond donors (Lipinski definition) is 1. The van der Waals surface area contributed by atoms with Gasteiger partial charge in [-0.25, -0.2) is 0 Å². The van der Waals surface area contributed by atoms with Crippen LogP contribution in [0.1, 0.15) is 51.9 Å². The highest BCUT2D eigenvalue weighted by molar-refractivity contribution is 5.19. The van der Waals surface area contributed by atoms with Crippen molar-refractivity contribution in [3.8, 4) is 0 Å². The zero-order valence-electron chi connectivity index (χ0n) is 8.68. The molecule has 0 aromatic carbocycles. The zero-order chi connectivity index (χ0) is 9.10. The summed E-state index contributed by atoms with van der Waals surface area (Å²) in [5.74, 6) is 1.97. The molecular weight excluding hydrogens is 158 g/mol. The summed E-state index contributed by atoms with van der Waals surface area (Å²) in [5, 5.41) is 0. The van der Waals surface area contributed by atoms with Crippen LogP contribution in [0.4, 0.5) is 0 Å². The quantitative estimate of drug-likeness (QED) is 0.693. The topological polar surface area (TPSA) is 26.0 Å². The molecule has 1 nitrogen and oxygen atoms in total. The summed E-state index contributed by atoms with van der Waals surface area (Å²) < 4.78 is 0. The van der Waals surface area contributed by atoms with Gasteiger partial charge in [-0.2, -0.15) is 0 Å². The van der Waals surface area contributed by atoms with E-state index in [1.165, 1.54) is 44.9 Å². The van der Waals surface area contributed by atoms with E-state index in [0.717, 1.165) is 17.3 Å². The van der Waals surface area contributed by atoms with Crippen LogP contribution in [0.15, 0.2) is 0 Å². The maximum absolute atomic E-state index is 6.44. The van der Waals surface area contributed by atoms with Crippen molar-refractivity contribution >= 4 is 0 Å². The molecule has 0 aromatic rings. The smallest absolute Gasteiger partial charge is 0.0186 e. The molecule has 1 heteroatoms. The van der Waals surface area contributed by atoms with Gasteiger partial charge in [0.05, 0.1) is 0 Å². The minimum atomic E-state index is 0.292. The van der Waals surface area contributed by atoms with Crippen LogP contribution in [0.25, 0.3) is 0 Å². The van der Waals surface area contributed by atoms with Gasteiger partial charge in [-0.3, -0.25) is 0 Å². The summed E-state index contributed by atoms with van der Waals surface area (Å²) in [6, 6.07) is 0. The molecule has 4 rings (SSSR count). The summed E-state index contributed by atoms with van der Waals surface area (Å²) in [7, 11) is 0. The van der Waals surface area contributed by atoms with Crippen molar-refractivity contribution in [2.75, 3.05) is 0 Å². The molecule has 0 amide bonds. The number of nitrogens with two attached hydrogens (primary N) is 1. The standard InChI is InChI=1S/C12H21N/c1-2-3-11-4-6-12(13,7-5-11)10-8-9(10)11/h9-10H,2-8,13H2,1H3. The number of rotatable bonds is 2. The molecule has 0 spiro atoms. The van der Waals surface area contributed by atoms with Gasteiger partial charge in [0, 0.05) is 5.54 Å². The zero-order valence-corrected chi connectivity index (χ0v) is 8.68. The number of hydrogen-bond acceptors (Lipinski definition) is 1. The summed E-state index contributed by atoms with van der Waals surface area (Å²) >= 11 is 0. The Bertz CT molecular complexity index is 225. The molecule has 4 aliphatic carbocycles. The SMILES string of the molecule is CCCC12CCC(N)(CC1)C1CC12. The largest absolute Gasteiger partial charge is 0.325 e. The Hall–Kier alpha value is -0.0400. The third-order valence-electron chi connectivity index (χ3n) is 5.24. The maximum atomic E-state index is 6.44. The van der Waals surface area contributed by atoms with Crippen LogP contribution >= 0.6 is 0 Å². The van der Waals surface area contributed by atoms with Gasteiger partial charge < -0.3 is 5.73 Å². The van der Waals surface area contributed by atoms with Gasteiger partial charge in [0.1, 0.15) is 0 Å². The highest BCUT2D eigenvalue weighted by atomic mass is 14.9. The van der Waals surface area contributed by atoms with Gasteiger partial charge in [0.2, 0.25) is 0 Å². The molecule has 0 aliphatic heterocycles. The van der Waals surface area contributed by atoms with Crippen LogP contribution in [0.2, 0.25) is 0 Å². The molecule has 0 heterocycles. The van der Waals surface area contributed by atoms with Crippen LogP contribution in [-0.2, 0) is 0 Å². The highest BCUT2D eigenvalue weighted by Crippen LogP contribution is 2.70. The second-order valence-corrected chi connectivity index (χ2v) is 5.79. The van der Waals surface area contributed by atoms with E-state index in [4.69, 9.17) is 5.73 Å². The Kier molecular flexibility index (Phi) is 1.47. The monoisotopic (exact) mass is 179 g/mol. The van der Waals surface area contributed by atoms with Crippen molar-refractivity contribution in [1.82, 2.24) is 0 Å². The van der Waals surface area contributed by atoms with Gasteiger partial charge in [-0.1, -0.05) is 13.3 Å². The van der Waals surface area contributed by atoms with Gasteiger partial charge in [0.25, 0.3) is 0 Å². The lowest BCUT2D eigenvalue weighted by atomic mass is 9.56. The van der Waals surface area contributed by atoms with E-state index in [2.05, 4.69) is 6.92 Å². The predicted octanol–water partition coefficient (Wildman–Crippen LogP) is 2.69. The van der Waals surface area contributed by atoms with E-state index in [-0.39, 0.29) is 0 Å². The fraction of sp³-hybridized carbons (Fsp3) is 1.00. The van der Waals surface area contributed by atoms with E-state index < -0.39 is 0 Å². The molecular formula is C12H21N. The Labute approximate surface area is 81.1 Å². The maximum Gasteiger partial charge on any atom is 0.0186 e. The Balaban J connectivity index is 1.87. The second-order valence-electron chi connectivity index (χ2n) is 5.79. The molecule has 0 radical (unpaired) electrons. The molecule has 2 N–H and O–H groups in total.